The van der Waals surface area contributed by atoms with Crippen LogP contribution in [-0.4, -0.2) is 47.8 Å². The summed E-state index contributed by atoms with van der Waals surface area (Å²) in [5.41, 5.74) is 0.941. The normalized spacial score (nSPS) is 14.8. The Morgan fingerprint density at radius 1 is 0.846 bits per heavy atom. The third-order valence-electron chi connectivity index (χ3n) is 4.45. The van der Waals surface area contributed by atoms with Gasteiger partial charge in [-0.15, -0.1) is 0 Å². The molecule has 0 atom stereocenters. The molecule has 1 fully saturated rings. The van der Waals surface area contributed by atoms with E-state index in [1.807, 2.05) is 0 Å². The molecular formula is C20H20F2N2O2. The first kappa shape index (κ1) is 18.0. The van der Waals surface area contributed by atoms with E-state index in [9.17, 15) is 18.4 Å². The molecule has 26 heavy (non-hydrogen) atoms. The molecule has 0 aliphatic carbocycles. The molecule has 0 radical (unpaired) electrons. The zero-order valence-electron chi connectivity index (χ0n) is 14.3. The van der Waals surface area contributed by atoms with E-state index in [0.717, 1.165) is 0 Å². The van der Waals surface area contributed by atoms with Crippen molar-refractivity contribution in [2.75, 3.05) is 26.2 Å². The lowest BCUT2D eigenvalue weighted by Gasteiger charge is -2.22. The molecule has 0 aromatic heterocycles. The topological polar surface area (TPSA) is 40.6 Å². The highest BCUT2D eigenvalue weighted by atomic mass is 19.1. The Bertz CT molecular complexity index is 810. The maximum atomic E-state index is 13.3. The highest BCUT2D eigenvalue weighted by Gasteiger charge is 2.23. The third-order valence-corrected chi connectivity index (χ3v) is 4.45. The minimum absolute atomic E-state index is 0.0874. The minimum Gasteiger partial charge on any atom is -0.341 e. The van der Waals surface area contributed by atoms with Gasteiger partial charge in [0.15, 0.2) is 0 Å². The van der Waals surface area contributed by atoms with Crippen LogP contribution in [0, 0.1) is 11.6 Å². The quantitative estimate of drug-likeness (QED) is 0.847. The van der Waals surface area contributed by atoms with Gasteiger partial charge in [-0.05, 0) is 42.3 Å². The fraction of sp³-hybridized carbons (Fsp3) is 0.300. The van der Waals surface area contributed by atoms with Crippen LogP contribution in [0.1, 0.15) is 22.3 Å². The van der Waals surface area contributed by atoms with Crippen LogP contribution in [0.3, 0.4) is 0 Å². The molecular weight excluding hydrogens is 338 g/mol. The number of nitrogens with zero attached hydrogens (tertiary/aromatic N) is 2. The van der Waals surface area contributed by atoms with Crippen molar-refractivity contribution in [3.05, 3.63) is 71.3 Å². The Morgan fingerprint density at radius 2 is 1.50 bits per heavy atom. The van der Waals surface area contributed by atoms with Crippen molar-refractivity contribution in [2.45, 2.75) is 12.8 Å². The maximum Gasteiger partial charge on any atom is 0.254 e. The summed E-state index contributed by atoms with van der Waals surface area (Å²) in [6.45, 7) is 1.86. The summed E-state index contributed by atoms with van der Waals surface area (Å²) in [7, 11) is 0. The second-order valence-corrected chi connectivity index (χ2v) is 6.34. The summed E-state index contributed by atoms with van der Waals surface area (Å²) in [5, 5.41) is 0. The lowest BCUT2D eigenvalue weighted by atomic mass is 10.1. The molecule has 3 rings (SSSR count). The van der Waals surface area contributed by atoms with Crippen molar-refractivity contribution in [2.24, 2.45) is 0 Å². The van der Waals surface area contributed by atoms with Gasteiger partial charge in [0, 0.05) is 31.7 Å². The lowest BCUT2D eigenvalue weighted by Crippen LogP contribution is -2.38. The van der Waals surface area contributed by atoms with Gasteiger partial charge in [0.1, 0.15) is 11.6 Å². The molecule has 2 aromatic rings. The SMILES string of the molecule is O=C(Cc1cccc(F)c1)N1CCCN(C(=O)c2cccc(F)c2)CC1. The Hall–Kier alpha value is -2.76. The molecule has 1 aliphatic heterocycles. The van der Waals surface area contributed by atoms with Gasteiger partial charge in [-0.3, -0.25) is 9.59 Å². The van der Waals surface area contributed by atoms with Gasteiger partial charge in [-0.2, -0.15) is 0 Å². The predicted molar refractivity (Wildman–Crippen MR) is 93.6 cm³/mol. The standard InChI is InChI=1S/C20H20F2N2O2/c21-17-6-1-4-15(12-17)13-19(25)23-8-3-9-24(11-10-23)20(26)16-5-2-7-18(22)14-16/h1-2,4-7,12,14H,3,8-11,13H2. The molecule has 2 amide bonds. The number of hydrogen-bond donors (Lipinski definition) is 0. The van der Waals surface area contributed by atoms with Crippen molar-refractivity contribution < 1.29 is 18.4 Å². The van der Waals surface area contributed by atoms with Gasteiger partial charge in [0.2, 0.25) is 5.91 Å². The highest BCUT2D eigenvalue weighted by Crippen LogP contribution is 2.12. The van der Waals surface area contributed by atoms with Crippen LogP contribution in [-0.2, 0) is 11.2 Å². The van der Waals surface area contributed by atoms with Gasteiger partial charge < -0.3 is 9.80 Å². The molecule has 1 saturated heterocycles. The summed E-state index contributed by atoms with van der Waals surface area (Å²) in [6, 6.07) is 11.6. The van der Waals surface area contributed by atoms with Crippen molar-refractivity contribution in [3.63, 3.8) is 0 Å². The van der Waals surface area contributed by atoms with Crippen molar-refractivity contribution >= 4 is 11.8 Å². The van der Waals surface area contributed by atoms with Crippen LogP contribution in [0.25, 0.3) is 0 Å². The van der Waals surface area contributed by atoms with E-state index in [1.165, 1.54) is 30.3 Å². The predicted octanol–water partition coefficient (Wildman–Crippen LogP) is 2.88. The van der Waals surface area contributed by atoms with E-state index < -0.39 is 5.82 Å². The zero-order chi connectivity index (χ0) is 18.5. The van der Waals surface area contributed by atoms with E-state index in [2.05, 4.69) is 0 Å². The van der Waals surface area contributed by atoms with Crippen LogP contribution in [0.4, 0.5) is 8.78 Å². The average molecular weight is 358 g/mol. The van der Waals surface area contributed by atoms with Gasteiger partial charge in [0.05, 0.1) is 6.42 Å². The Kier molecular flexibility index (Phi) is 5.61. The number of rotatable bonds is 3. The largest absolute Gasteiger partial charge is 0.341 e. The Labute approximate surface area is 151 Å². The number of hydrogen-bond acceptors (Lipinski definition) is 2. The number of carbonyl (C=O) groups is 2. The lowest BCUT2D eigenvalue weighted by molar-refractivity contribution is -0.130. The third kappa shape index (κ3) is 4.45. The van der Waals surface area contributed by atoms with Gasteiger partial charge >= 0.3 is 0 Å². The molecule has 0 N–H and O–H groups in total. The van der Waals surface area contributed by atoms with Crippen molar-refractivity contribution in [1.29, 1.82) is 0 Å². The van der Waals surface area contributed by atoms with Gasteiger partial charge in [-0.25, -0.2) is 8.78 Å². The van der Waals surface area contributed by atoms with Crippen LogP contribution >= 0.6 is 0 Å². The van der Waals surface area contributed by atoms with Crippen molar-refractivity contribution in [1.82, 2.24) is 9.80 Å². The number of carbonyl (C=O) groups excluding carboxylic acids is 2. The number of amides is 2. The molecule has 4 nitrogen and oxygen atoms in total. The Balaban J connectivity index is 1.61. The summed E-state index contributed by atoms with van der Waals surface area (Å²) >= 11 is 0. The Morgan fingerprint density at radius 3 is 2.23 bits per heavy atom. The first-order chi connectivity index (χ1) is 12.5. The van der Waals surface area contributed by atoms with E-state index in [1.54, 1.807) is 28.0 Å². The summed E-state index contributed by atoms with van der Waals surface area (Å²) in [5.74, 6) is -1.13. The summed E-state index contributed by atoms with van der Waals surface area (Å²) in [4.78, 5) is 28.3. The van der Waals surface area contributed by atoms with Gasteiger partial charge in [0.25, 0.3) is 5.91 Å². The van der Waals surface area contributed by atoms with Crippen LogP contribution in [0.2, 0.25) is 0 Å². The molecule has 0 bridgehead atoms. The number of halogens is 2. The van der Waals surface area contributed by atoms with E-state index in [4.69, 9.17) is 0 Å². The van der Waals surface area contributed by atoms with E-state index in [0.29, 0.717) is 43.7 Å². The van der Waals surface area contributed by atoms with Crippen LogP contribution < -0.4 is 0 Å². The molecule has 2 aromatic carbocycles. The molecule has 136 valence electrons. The number of benzene rings is 2. The molecule has 0 unspecified atom stereocenters. The first-order valence-corrected chi connectivity index (χ1v) is 8.60. The molecule has 0 saturated carbocycles. The summed E-state index contributed by atoms with van der Waals surface area (Å²) in [6.07, 6.45) is 0.783. The molecule has 1 aliphatic rings. The summed E-state index contributed by atoms with van der Waals surface area (Å²) < 4.78 is 26.6. The van der Waals surface area contributed by atoms with Crippen LogP contribution in [0.15, 0.2) is 48.5 Å². The maximum absolute atomic E-state index is 13.3. The second-order valence-electron chi connectivity index (χ2n) is 6.34. The van der Waals surface area contributed by atoms with E-state index >= 15 is 0 Å². The van der Waals surface area contributed by atoms with Crippen LogP contribution in [0.5, 0.6) is 0 Å². The molecule has 0 spiro atoms. The monoisotopic (exact) mass is 358 g/mol. The van der Waals surface area contributed by atoms with Crippen molar-refractivity contribution in [3.8, 4) is 0 Å². The fourth-order valence-corrected chi connectivity index (χ4v) is 3.11. The van der Waals surface area contributed by atoms with E-state index in [-0.39, 0.29) is 24.1 Å². The smallest absolute Gasteiger partial charge is 0.254 e. The highest BCUT2D eigenvalue weighted by molar-refractivity contribution is 5.94. The first-order valence-electron chi connectivity index (χ1n) is 8.60. The minimum atomic E-state index is -0.447. The van der Waals surface area contributed by atoms with Gasteiger partial charge in [-0.1, -0.05) is 18.2 Å². The second kappa shape index (κ2) is 8.08. The average Bonchev–Trinajstić information content (AvgIpc) is 2.87. The molecule has 6 heteroatoms. The zero-order valence-corrected chi connectivity index (χ0v) is 14.3. The molecule has 1 heterocycles. The fourth-order valence-electron chi connectivity index (χ4n) is 3.11.